The third-order valence-corrected chi connectivity index (χ3v) is 5.38. The molecule has 2 aliphatic heterocycles. The van der Waals surface area contributed by atoms with E-state index >= 15 is 0 Å². The standard InChI is InChI=1S/C21H31N3O2/c1-17(2)15-22-10-12-23(13-11-22)21(26)19-14-20(25)24(16-19)9-8-18-6-4-3-5-7-18/h3-7,17,19H,8-16H2,1-2H3. The van der Waals surface area contributed by atoms with Crippen LogP contribution in [0, 0.1) is 11.8 Å². The molecule has 5 nitrogen and oxygen atoms in total. The van der Waals surface area contributed by atoms with Crippen molar-refractivity contribution in [3.05, 3.63) is 35.9 Å². The Bertz CT molecular complexity index is 609. The molecule has 2 aliphatic rings. The molecule has 0 radical (unpaired) electrons. The average molecular weight is 357 g/mol. The topological polar surface area (TPSA) is 43.9 Å². The highest BCUT2D eigenvalue weighted by Gasteiger charge is 2.37. The van der Waals surface area contributed by atoms with Gasteiger partial charge in [0.25, 0.3) is 0 Å². The van der Waals surface area contributed by atoms with Crippen LogP contribution in [0.5, 0.6) is 0 Å². The Kier molecular flexibility index (Phi) is 6.30. The van der Waals surface area contributed by atoms with Gasteiger partial charge < -0.3 is 9.80 Å². The zero-order valence-electron chi connectivity index (χ0n) is 16.1. The van der Waals surface area contributed by atoms with E-state index in [4.69, 9.17) is 0 Å². The SMILES string of the molecule is CC(C)CN1CCN(C(=O)C2CC(=O)N(CCc3ccccc3)C2)CC1. The fourth-order valence-electron chi connectivity index (χ4n) is 3.99. The van der Waals surface area contributed by atoms with Crippen LogP contribution < -0.4 is 0 Å². The highest BCUT2D eigenvalue weighted by atomic mass is 16.2. The van der Waals surface area contributed by atoms with Crippen molar-refractivity contribution in [3.8, 4) is 0 Å². The van der Waals surface area contributed by atoms with Crippen molar-refractivity contribution in [1.29, 1.82) is 0 Å². The van der Waals surface area contributed by atoms with Crippen LogP contribution in [0.2, 0.25) is 0 Å². The van der Waals surface area contributed by atoms with Crippen LogP contribution in [0.1, 0.15) is 25.8 Å². The van der Waals surface area contributed by atoms with Crippen molar-refractivity contribution in [3.63, 3.8) is 0 Å². The number of carbonyl (C=O) groups is 2. The Hall–Kier alpha value is -1.88. The van der Waals surface area contributed by atoms with Crippen LogP contribution >= 0.6 is 0 Å². The van der Waals surface area contributed by atoms with E-state index in [0.717, 1.165) is 39.1 Å². The monoisotopic (exact) mass is 357 g/mol. The molecule has 2 fully saturated rings. The quantitative estimate of drug-likeness (QED) is 0.781. The highest BCUT2D eigenvalue weighted by molar-refractivity contribution is 5.89. The molecule has 0 N–H and O–H groups in total. The second-order valence-corrected chi connectivity index (χ2v) is 8.00. The summed E-state index contributed by atoms with van der Waals surface area (Å²) < 4.78 is 0. The summed E-state index contributed by atoms with van der Waals surface area (Å²) in [7, 11) is 0. The van der Waals surface area contributed by atoms with E-state index < -0.39 is 0 Å². The number of rotatable bonds is 6. The molecule has 2 amide bonds. The summed E-state index contributed by atoms with van der Waals surface area (Å²) in [6.45, 7) is 10.3. The maximum atomic E-state index is 12.8. The molecule has 0 aromatic heterocycles. The minimum atomic E-state index is -0.157. The lowest BCUT2D eigenvalue weighted by molar-refractivity contribution is -0.137. The van der Waals surface area contributed by atoms with Gasteiger partial charge in [0.05, 0.1) is 5.92 Å². The summed E-state index contributed by atoms with van der Waals surface area (Å²) in [5.41, 5.74) is 1.23. The third-order valence-electron chi connectivity index (χ3n) is 5.38. The predicted molar refractivity (Wildman–Crippen MR) is 103 cm³/mol. The molecule has 0 spiro atoms. The molecule has 26 heavy (non-hydrogen) atoms. The summed E-state index contributed by atoms with van der Waals surface area (Å²) in [4.78, 5) is 31.4. The number of hydrogen-bond donors (Lipinski definition) is 0. The van der Waals surface area contributed by atoms with Crippen LogP contribution in [0.25, 0.3) is 0 Å². The number of likely N-dealkylation sites (tertiary alicyclic amines) is 1. The van der Waals surface area contributed by atoms with Crippen molar-refractivity contribution in [2.75, 3.05) is 45.8 Å². The van der Waals surface area contributed by atoms with Gasteiger partial charge in [-0.05, 0) is 17.9 Å². The first-order chi connectivity index (χ1) is 12.5. The van der Waals surface area contributed by atoms with Gasteiger partial charge in [0.15, 0.2) is 0 Å². The van der Waals surface area contributed by atoms with Crippen molar-refractivity contribution < 1.29 is 9.59 Å². The maximum absolute atomic E-state index is 12.8. The summed E-state index contributed by atoms with van der Waals surface area (Å²) in [6, 6.07) is 10.2. The Morgan fingerprint density at radius 1 is 1.12 bits per heavy atom. The van der Waals surface area contributed by atoms with Crippen molar-refractivity contribution >= 4 is 11.8 Å². The molecule has 5 heteroatoms. The molecule has 2 heterocycles. The van der Waals surface area contributed by atoms with Crippen molar-refractivity contribution in [2.45, 2.75) is 26.7 Å². The fourth-order valence-corrected chi connectivity index (χ4v) is 3.99. The number of amides is 2. The summed E-state index contributed by atoms with van der Waals surface area (Å²) in [5, 5.41) is 0. The van der Waals surface area contributed by atoms with Crippen LogP contribution in [0.3, 0.4) is 0 Å². The Labute approximate surface area is 156 Å². The molecule has 1 unspecified atom stereocenters. The largest absolute Gasteiger partial charge is 0.342 e. The van der Waals surface area contributed by atoms with Gasteiger partial charge in [-0.25, -0.2) is 0 Å². The molecule has 1 atom stereocenters. The molecule has 142 valence electrons. The lowest BCUT2D eigenvalue weighted by atomic mass is 10.1. The zero-order valence-corrected chi connectivity index (χ0v) is 16.1. The first-order valence-corrected chi connectivity index (χ1v) is 9.85. The number of nitrogens with zero attached hydrogens (tertiary/aromatic N) is 3. The average Bonchev–Trinajstić information content (AvgIpc) is 3.01. The van der Waals surface area contributed by atoms with Gasteiger partial charge >= 0.3 is 0 Å². The van der Waals surface area contributed by atoms with E-state index in [2.05, 4.69) is 30.9 Å². The number of hydrogen-bond acceptors (Lipinski definition) is 3. The van der Waals surface area contributed by atoms with Crippen LogP contribution in [-0.4, -0.2) is 72.3 Å². The second kappa shape index (κ2) is 8.67. The van der Waals surface area contributed by atoms with E-state index in [1.165, 1.54) is 5.56 Å². The van der Waals surface area contributed by atoms with E-state index in [9.17, 15) is 9.59 Å². The van der Waals surface area contributed by atoms with Gasteiger partial charge in [-0.3, -0.25) is 14.5 Å². The van der Waals surface area contributed by atoms with Gasteiger partial charge in [-0.2, -0.15) is 0 Å². The van der Waals surface area contributed by atoms with E-state index in [0.29, 0.717) is 25.4 Å². The van der Waals surface area contributed by atoms with Gasteiger partial charge in [0.2, 0.25) is 11.8 Å². The molecule has 2 saturated heterocycles. The normalized spacial score (nSPS) is 21.7. The second-order valence-electron chi connectivity index (χ2n) is 8.00. The molecule has 0 aliphatic carbocycles. The lowest BCUT2D eigenvalue weighted by Crippen LogP contribution is -2.51. The van der Waals surface area contributed by atoms with Crippen LogP contribution in [0.15, 0.2) is 30.3 Å². The Morgan fingerprint density at radius 3 is 2.46 bits per heavy atom. The summed E-state index contributed by atoms with van der Waals surface area (Å²) in [6.07, 6.45) is 1.22. The zero-order chi connectivity index (χ0) is 18.5. The fraction of sp³-hybridized carbons (Fsp3) is 0.619. The van der Waals surface area contributed by atoms with E-state index in [1.54, 1.807) is 0 Å². The Balaban J connectivity index is 1.46. The van der Waals surface area contributed by atoms with E-state index in [-0.39, 0.29) is 17.7 Å². The smallest absolute Gasteiger partial charge is 0.228 e. The first-order valence-electron chi connectivity index (χ1n) is 9.85. The highest BCUT2D eigenvalue weighted by Crippen LogP contribution is 2.21. The molecule has 3 rings (SSSR count). The van der Waals surface area contributed by atoms with Crippen molar-refractivity contribution in [2.24, 2.45) is 11.8 Å². The van der Waals surface area contributed by atoms with Gasteiger partial charge in [0.1, 0.15) is 0 Å². The van der Waals surface area contributed by atoms with Gasteiger partial charge in [-0.15, -0.1) is 0 Å². The number of benzene rings is 1. The number of carbonyl (C=O) groups excluding carboxylic acids is 2. The molecular formula is C21H31N3O2. The number of piperazine rings is 1. The molecule has 0 bridgehead atoms. The molecule has 1 aromatic rings. The van der Waals surface area contributed by atoms with Gasteiger partial charge in [-0.1, -0.05) is 44.2 Å². The summed E-state index contributed by atoms with van der Waals surface area (Å²) >= 11 is 0. The molecule has 0 saturated carbocycles. The van der Waals surface area contributed by atoms with Crippen LogP contribution in [0.4, 0.5) is 0 Å². The Morgan fingerprint density at radius 2 is 1.81 bits per heavy atom. The van der Waals surface area contributed by atoms with Crippen molar-refractivity contribution in [1.82, 2.24) is 14.7 Å². The third kappa shape index (κ3) is 4.85. The maximum Gasteiger partial charge on any atom is 0.228 e. The molecular weight excluding hydrogens is 326 g/mol. The van der Waals surface area contributed by atoms with Gasteiger partial charge in [0, 0.05) is 52.2 Å². The summed E-state index contributed by atoms with van der Waals surface area (Å²) in [5.74, 6) is 0.792. The minimum Gasteiger partial charge on any atom is -0.342 e. The predicted octanol–water partition coefficient (Wildman–Crippen LogP) is 1.88. The minimum absolute atomic E-state index is 0.123. The van der Waals surface area contributed by atoms with E-state index in [1.807, 2.05) is 28.0 Å². The van der Waals surface area contributed by atoms with Crippen LogP contribution in [-0.2, 0) is 16.0 Å². The lowest BCUT2D eigenvalue weighted by Gasteiger charge is -2.36. The first kappa shape index (κ1) is 18.9. The molecule has 1 aromatic carbocycles.